The van der Waals surface area contributed by atoms with Gasteiger partial charge in [0.25, 0.3) is 0 Å². The quantitative estimate of drug-likeness (QED) is 0.902. The molecule has 1 saturated heterocycles. The van der Waals surface area contributed by atoms with Crippen molar-refractivity contribution in [3.8, 4) is 0 Å². The van der Waals surface area contributed by atoms with Crippen molar-refractivity contribution < 1.29 is 9.59 Å². The van der Waals surface area contributed by atoms with Gasteiger partial charge in [-0.05, 0) is 31.9 Å². The molecular formula is C17H25N3O2. The number of carbonyl (C=O) groups excluding carboxylic acids is 2. The maximum Gasteiger partial charge on any atom is 0.319 e. The molecule has 0 aliphatic carbocycles. The smallest absolute Gasteiger partial charge is 0.319 e. The number of piperidine rings is 1. The Balaban J connectivity index is 1.77. The van der Waals surface area contributed by atoms with Gasteiger partial charge < -0.3 is 15.5 Å². The molecular weight excluding hydrogens is 278 g/mol. The van der Waals surface area contributed by atoms with Gasteiger partial charge in [-0.2, -0.15) is 0 Å². The molecule has 1 fully saturated rings. The van der Waals surface area contributed by atoms with Crippen molar-refractivity contribution in [2.45, 2.75) is 39.7 Å². The van der Waals surface area contributed by atoms with E-state index in [0.29, 0.717) is 13.1 Å². The minimum absolute atomic E-state index is 0.0364. The average Bonchev–Trinajstić information content (AvgIpc) is 2.49. The lowest BCUT2D eigenvalue weighted by Gasteiger charge is -2.33. The number of hydrogen-bond acceptors (Lipinski definition) is 2. The van der Waals surface area contributed by atoms with E-state index in [4.69, 9.17) is 0 Å². The van der Waals surface area contributed by atoms with Crippen LogP contribution in [0.3, 0.4) is 0 Å². The van der Waals surface area contributed by atoms with Crippen LogP contribution in [0, 0.1) is 12.8 Å². The Hall–Kier alpha value is -2.04. The number of amides is 3. The number of urea groups is 1. The standard InChI is InChI=1S/C17H25N3O2/c1-12(2)16(21)20-10-8-15(9-11-20)19-17(22)18-14-6-4-13(3)5-7-14/h4-7,12,15H,8-11H2,1-3H3,(H2,18,19,22). The van der Waals surface area contributed by atoms with Gasteiger partial charge in [0.15, 0.2) is 0 Å². The molecule has 1 aliphatic rings. The van der Waals surface area contributed by atoms with E-state index in [2.05, 4.69) is 10.6 Å². The highest BCUT2D eigenvalue weighted by Gasteiger charge is 2.24. The third-order valence-corrected chi connectivity index (χ3v) is 3.95. The number of aryl methyl sites for hydroxylation is 1. The van der Waals surface area contributed by atoms with Crippen LogP contribution in [0.1, 0.15) is 32.3 Å². The van der Waals surface area contributed by atoms with Gasteiger partial charge in [-0.15, -0.1) is 0 Å². The molecule has 0 unspecified atom stereocenters. The number of likely N-dealkylation sites (tertiary alicyclic amines) is 1. The molecule has 1 heterocycles. The van der Waals surface area contributed by atoms with Gasteiger partial charge in [0.2, 0.25) is 5.91 Å². The molecule has 2 N–H and O–H groups in total. The molecule has 0 spiro atoms. The van der Waals surface area contributed by atoms with Gasteiger partial charge in [-0.3, -0.25) is 4.79 Å². The number of nitrogens with one attached hydrogen (secondary N) is 2. The van der Waals surface area contributed by atoms with Gasteiger partial charge in [-0.1, -0.05) is 31.5 Å². The summed E-state index contributed by atoms with van der Waals surface area (Å²) >= 11 is 0. The molecule has 0 radical (unpaired) electrons. The summed E-state index contributed by atoms with van der Waals surface area (Å²) in [5.41, 5.74) is 1.95. The summed E-state index contributed by atoms with van der Waals surface area (Å²) in [5.74, 6) is 0.233. The van der Waals surface area contributed by atoms with Crippen LogP contribution in [0.5, 0.6) is 0 Å². The van der Waals surface area contributed by atoms with Crippen LogP contribution in [0.4, 0.5) is 10.5 Å². The van der Waals surface area contributed by atoms with E-state index >= 15 is 0 Å². The van der Waals surface area contributed by atoms with Crippen molar-refractivity contribution in [1.82, 2.24) is 10.2 Å². The van der Waals surface area contributed by atoms with E-state index < -0.39 is 0 Å². The molecule has 0 saturated carbocycles. The van der Waals surface area contributed by atoms with E-state index in [1.54, 1.807) is 0 Å². The van der Waals surface area contributed by atoms with E-state index in [1.165, 1.54) is 0 Å². The van der Waals surface area contributed by atoms with Crippen molar-refractivity contribution in [3.05, 3.63) is 29.8 Å². The molecule has 3 amide bonds. The second kappa shape index (κ2) is 7.29. The first kappa shape index (κ1) is 16.3. The second-order valence-corrected chi connectivity index (χ2v) is 6.22. The lowest BCUT2D eigenvalue weighted by atomic mass is 10.0. The van der Waals surface area contributed by atoms with Crippen molar-refractivity contribution >= 4 is 17.6 Å². The Kier molecular flexibility index (Phi) is 5.41. The summed E-state index contributed by atoms with van der Waals surface area (Å²) < 4.78 is 0. The number of rotatable bonds is 3. The molecule has 0 aromatic heterocycles. The molecule has 1 aromatic rings. The summed E-state index contributed by atoms with van der Waals surface area (Å²) in [7, 11) is 0. The molecule has 1 aliphatic heterocycles. The Morgan fingerprint density at radius 3 is 2.27 bits per heavy atom. The predicted molar refractivity (Wildman–Crippen MR) is 87.8 cm³/mol. The van der Waals surface area contributed by atoms with Crippen molar-refractivity contribution in [3.63, 3.8) is 0 Å². The van der Waals surface area contributed by atoms with E-state index in [9.17, 15) is 9.59 Å². The number of carbonyl (C=O) groups is 2. The third kappa shape index (κ3) is 4.48. The molecule has 1 aromatic carbocycles. The minimum atomic E-state index is -0.183. The fourth-order valence-electron chi connectivity index (χ4n) is 2.60. The summed E-state index contributed by atoms with van der Waals surface area (Å²) in [6.45, 7) is 7.28. The minimum Gasteiger partial charge on any atom is -0.342 e. The number of nitrogens with zero attached hydrogens (tertiary/aromatic N) is 1. The van der Waals surface area contributed by atoms with E-state index in [0.717, 1.165) is 24.1 Å². The highest BCUT2D eigenvalue weighted by molar-refractivity contribution is 5.89. The number of hydrogen-bond donors (Lipinski definition) is 2. The first-order chi connectivity index (χ1) is 10.5. The largest absolute Gasteiger partial charge is 0.342 e. The molecule has 22 heavy (non-hydrogen) atoms. The van der Waals surface area contributed by atoms with Crippen LogP contribution in [-0.4, -0.2) is 36.0 Å². The van der Waals surface area contributed by atoms with Crippen LogP contribution >= 0.6 is 0 Å². The molecule has 0 bridgehead atoms. The third-order valence-electron chi connectivity index (χ3n) is 3.95. The average molecular weight is 303 g/mol. The van der Waals surface area contributed by atoms with Crippen LogP contribution < -0.4 is 10.6 Å². The summed E-state index contributed by atoms with van der Waals surface area (Å²) in [6, 6.07) is 7.65. The SMILES string of the molecule is Cc1ccc(NC(=O)NC2CCN(C(=O)C(C)C)CC2)cc1. The zero-order valence-electron chi connectivity index (χ0n) is 13.6. The second-order valence-electron chi connectivity index (χ2n) is 6.22. The lowest BCUT2D eigenvalue weighted by Crippen LogP contribution is -2.48. The molecule has 2 rings (SSSR count). The topological polar surface area (TPSA) is 61.4 Å². The van der Waals surface area contributed by atoms with Crippen molar-refractivity contribution in [2.75, 3.05) is 18.4 Å². The fourth-order valence-corrected chi connectivity index (χ4v) is 2.60. The van der Waals surface area contributed by atoms with E-state index in [1.807, 2.05) is 49.9 Å². The maximum absolute atomic E-state index is 12.0. The van der Waals surface area contributed by atoms with Gasteiger partial charge in [0.1, 0.15) is 0 Å². The first-order valence-corrected chi connectivity index (χ1v) is 7.88. The fraction of sp³-hybridized carbons (Fsp3) is 0.529. The summed E-state index contributed by atoms with van der Waals surface area (Å²) in [5, 5.41) is 5.82. The van der Waals surface area contributed by atoms with Crippen molar-refractivity contribution in [2.24, 2.45) is 5.92 Å². The zero-order chi connectivity index (χ0) is 16.1. The van der Waals surface area contributed by atoms with Gasteiger partial charge in [0, 0.05) is 30.7 Å². The first-order valence-electron chi connectivity index (χ1n) is 7.88. The monoisotopic (exact) mass is 303 g/mol. The summed E-state index contributed by atoms with van der Waals surface area (Å²) in [6.07, 6.45) is 1.61. The Morgan fingerprint density at radius 1 is 1.14 bits per heavy atom. The zero-order valence-corrected chi connectivity index (χ0v) is 13.6. The van der Waals surface area contributed by atoms with Crippen LogP contribution in [0.15, 0.2) is 24.3 Å². The lowest BCUT2D eigenvalue weighted by molar-refractivity contribution is -0.135. The van der Waals surface area contributed by atoms with Gasteiger partial charge in [0.05, 0.1) is 0 Å². The van der Waals surface area contributed by atoms with Gasteiger partial charge in [-0.25, -0.2) is 4.79 Å². The van der Waals surface area contributed by atoms with Crippen LogP contribution in [-0.2, 0) is 4.79 Å². The highest BCUT2D eigenvalue weighted by Crippen LogP contribution is 2.14. The molecule has 5 nitrogen and oxygen atoms in total. The van der Waals surface area contributed by atoms with Crippen LogP contribution in [0.25, 0.3) is 0 Å². The highest BCUT2D eigenvalue weighted by atomic mass is 16.2. The maximum atomic E-state index is 12.0. The molecule has 0 atom stereocenters. The van der Waals surface area contributed by atoms with Gasteiger partial charge >= 0.3 is 6.03 Å². The Bertz CT molecular complexity index is 517. The summed E-state index contributed by atoms with van der Waals surface area (Å²) in [4.78, 5) is 25.8. The van der Waals surface area contributed by atoms with E-state index in [-0.39, 0.29) is 23.9 Å². The number of benzene rings is 1. The molecule has 120 valence electrons. The Morgan fingerprint density at radius 2 is 1.73 bits per heavy atom. The number of anilines is 1. The Labute approximate surface area is 132 Å². The normalized spacial score (nSPS) is 15.7. The van der Waals surface area contributed by atoms with Crippen molar-refractivity contribution in [1.29, 1.82) is 0 Å². The predicted octanol–water partition coefficient (Wildman–Crippen LogP) is 2.76. The van der Waals surface area contributed by atoms with Crippen LogP contribution in [0.2, 0.25) is 0 Å². The molecule has 5 heteroatoms.